The van der Waals surface area contributed by atoms with Crippen LogP contribution in [0.5, 0.6) is 0 Å². The number of rotatable bonds is 10. The van der Waals surface area contributed by atoms with Crippen LogP contribution in [0.4, 0.5) is 0 Å². The van der Waals surface area contributed by atoms with Crippen molar-refractivity contribution in [1.82, 2.24) is 10.6 Å². The van der Waals surface area contributed by atoms with Gasteiger partial charge in [0.1, 0.15) is 0 Å². The van der Waals surface area contributed by atoms with Gasteiger partial charge in [0.2, 0.25) is 0 Å². The smallest absolute Gasteiger partial charge is 0.191 e. The van der Waals surface area contributed by atoms with Crippen molar-refractivity contribution in [2.45, 2.75) is 25.6 Å². The van der Waals surface area contributed by atoms with E-state index in [-0.39, 0.29) is 6.10 Å². The molecule has 1 fully saturated rings. The maximum Gasteiger partial charge on any atom is 0.191 e. The Hall–Kier alpha value is -1.63. The summed E-state index contributed by atoms with van der Waals surface area (Å²) in [5, 5.41) is 6.44. The molecule has 6 nitrogen and oxygen atoms in total. The molecule has 1 aliphatic heterocycles. The van der Waals surface area contributed by atoms with E-state index in [1.165, 1.54) is 5.56 Å². The van der Waals surface area contributed by atoms with Crippen LogP contribution in [0, 0.1) is 0 Å². The predicted molar refractivity (Wildman–Crippen MR) is 95.3 cm³/mol. The van der Waals surface area contributed by atoms with E-state index in [4.69, 9.17) is 14.2 Å². The number of ether oxygens (including phenoxy) is 3. The van der Waals surface area contributed by atoms with Gasteiger partial charge < -0.3 is 24.8 Å². The summed E-state index contributed by atoms with van der Waals surface area (Å²) in [5.74, 6) is 0.763. The van der Waals surface area contributed by atoms with E-state index in [0.29, 0.717) is 33.0 Å². The molecule has 0 aliphatic carbocycles. The van der Waals surface area contributed by atoms with Gasteiger partial charge in [-0.15, -0.1) is 0 Å². The maximum atomic E-state index is 5.63. The highest BCUT2D eigenvalue weighted by Gasteiger charge is 2.14. The molecule has 1 aromatic carbocycles. The number of aliphatic imine (C=N–C) groups is 1. The minimum atomic E-state index is 0.282. The summed E-state index contributed by atoms with van der Waals surface area (Å²) in [6.45, 7) is 4.89. The van der Waals surface area contributed by atoms with Crippen LogP contribution in [0.15, 0.2) is 35.3 Å². The number of benzene rings is 1. The van der Waals surface area contributed by atoms with Crippen LogP contribution >= 0.6 is 0 Å². The summed E-state index contributed by atoms with van der Waals surface area (Å²) in [6, 6.07) is 10.2. The Morgan fingerprint density at radius 1 is 1.17 bits per heavy atom. The van der Waals surface area contributed by atoms with Crippen LogP contribution in [-0.2, 0) is 20.8 Å². The molecule has 0 aromatic heterocycles. The number of nitrogens with zero attached hydrogens (tertiary/aromatic N) is 1. The van der Waals surface area contributed by atoms with Crippen LogP contribution in [0.25, 0.3) is 0 Å². The van der Waals surface area contributed by atoms with Gasteiger partial charge in [0, 0.05) is 26.7 Å². The molecule has 1 atom stereocenters. The van der Waals surface area contributed by atoms with E-state index in [2.05, 4.69) is 27.8 Å². The molecule has 2 N–H and O–H groups in total. The van der Waals surface area contributed by atoms with Crippen molar-refractivity contribution in [3.05, 3.63) is 35.9 Å². The SMILES string of the molecule is CN=C(NCCOCc1ccccc1)NCCOCC1CCCO1. The largest absolute Gasteiger partial charge is 0.377 e. The summed E-state index contributed by atoms with van der Waals surface area (Å²) in [7, 11) is 1.76. The van der Waals surface area contributed by atoms with Gasteiger partial charge in [0.25, 0.3) is 0 Å². The Bertz CT molecular complexity index is 462. The van der Waals surface area contributed by atoms with E-state index < -0.39 is 0 Å². The third kappa shape index (κ3) is 7.77. The molecule has 1 saturated heterocycles. The number of guanidine groups is 1. The van der Waals surface area contributed by atoms with Crippen LogP contribution in [0.2, 0.25) is 0 Å². The van der Waals surface area contributed by atoms with Crippen molar-refractivity contribution in [1.29, 1.82) is 0 Å². The van der Waals surface area contributed by atoms with Crippen molar-refractivity contribution in [3.8, 4) is 0 Å². The third-order valence-corrected chi connectivity index (χ3v) is 3.74. The van der Waals surface area contributed by atoms with Crippen molar-refractivity contribution in [2.75, 3.05) is 46.6 Å². The molecule has 6 heteroatoms. The zero-order valence-electron chi connectivity index (χ0n) is 14.5. The zero-order valence-corrected chi connectivity index (χ0v) is 14.5. The molecule has 1 unspecified atom stereocenters. The molecule has 0 amide bonds. The average molecular weight is 335 g/mol. The monoisotopic (exact) mass is 335 g/mol. The predicted octanol–water partition coefficient (Wildman–Crippen LogP) is 1.56. The average Bonchev–Trinajstić information content (AvgIpc) is 3.14. The van der Waals surface area contributed by atoms with Gasteiger partial charge >= 0.3 is 0 Å². The van der Waals surface area contributed by atoms with Crippen LogP contribution in [-0.4, -0.2) is 58.6 Å². The molecule has 1 aliphatic rings. The van der Waals surface area contributed by atoms with Gasteiger partial charge in [-0.25, -0.2) is 0 Å². The van der Waals surface area contributed by atoms with Crippen LogP contribution in [0.3, 0.4) is 0 Å². The van der Waals surface area contributed by atoms with E-state index >= 15 is 0 Å². The second-order valence-electron chi connectivity index (χ2n) is 5.67. The van der Waals surface area contributed by atoms with Crippen molar-refractivity contribution in [3.63, 3.8) is 0 Å². The fourth-order valence-corrected chi connectivity index (χ4v) is 2.46. The van der Waals surface area contributed by atoms with E-state index in [1.54, 1.807) is 7.05 Å². The standard InChI is InChI=1S/C18H29N3O3/c1-19-18(21-10-13-23-15-17-8-5-11-24-17)20-9-12-22-14-16-6-3-2-4-7-16/h2-4,6-7,17H,5,8-15H2,1H3,(H2,19,20,21). The third-order valence-electron chi connectivity index (χ3n) is 3.74. The lowest BCUT2D eigenvalue weighted by Gasteiger charge is -2.13. The Morgan fingerprint density at radius 2 is 1.92 bits per heavy atom. The van der Waals surface area contributed by atoms with Gasteiger partial charge in [-0.3, -0.25) is 4.99 Å². The number of hydrogen-bond donors (Lipinski definition) is 2. The molecule has 1 aromatic rings. The van der Waals surface area contributed by atoms with Crippen molar-refractivity contribution in [2.24, 2.45) is 4.99 Å². The first-order chi connectivity index (χ1) is 11.9. The molecular weight excluding hydrogens is 306 g/mol. The van der Waals surface area contributed by atoms with Crippen LogP contribution < -0.4 is 10.6 Å². The second-order valence-corrected chi connectivity index (χ2v) is 5.67. The second kappa shape index (κ2) is 11.8. The lowest BCUT2D eigenvalue weighted by molar-refractivity contribution is 0.0191. The van der Waals surface area contributed by atoms with Gasteiger partial charge in [0.05, 0.1) is 32.5 Å². The van der Waals surface area contributed by atoms with Gasteiger partial charge in [-0.1, -0.05) is 30.3 Å². The summed E-state index contributed by atoms with van der Waals surface area (Å²) in [4.78, 5) is 4.18. The summed E-state index contributed by atoms with van der Waals surface area (Å²) >= 11 is 0. The maximum absolute atomic E-state index is 5.63. The summed E-state index contributed by atoms with van der Waals surface area (Å²) in [6.07, 6.45) is 2.54. The Kier molecular flexibility index (Phi) is 9.23. The lowest BCUT2D eigenvalue weighted by atomic mass is 10.2. The first-order valence-corrected chi connectivity index (χ1v) is 8.64. The first kappa shape index (κ1) is 18.7. The van der Waals surface area contributed by atoms with Gasteiger partial charge in [0.15, 0.2) is 5.96 Å². The first-order valence-electron chi connectivity index (χ1n) is 8.64. The number of hydrogen-bond acceptors (Lipinski definition) is 4. The molecule has 134 valence electrons. The van der Waals surface area contributed by atoms with E-state index in [9.17, 15) is 0 Å². The fraction of sp³-hybridized carbons (Fsp3) is 0.611. The lowest BCUT2D eigenvalue weighted by Crippen LogP contribution is -2.40. The highest BCUT2D eigenvalue weighted by Crippen LogP contribution is 2.11. The molecule has 0 radical (unpaired) electrons. The molecule has 0 bridgehead atoms. The quantitative estimate of drug-likeness (QED) is 0.386. The number of nitrogens with one attached hydrogen (secondary N) is 2. The summed E-state index contributed by atoms with van der Waals surface area (Å²) < 4.78 is 16.8. The summed E-state index contributed by atoms with van der Waals surface area (Å²) in [5.41, 5.74) is 1.18. The topological polar surface area (TPSA) is 64.1 Å². The minimum Gasteiger partial charge on any atom is -0.377 e. The van der Waals surface area contributed by atoms with Gasteiger partial charge in [-0.2, -0.15) is 0 Å². The molecule has 24 heavy (non-hydrogen) atoms. The Morgan fingerprint density at radius 3 is 2.58 bits per heavy atom. The van der Waals surface area contributed by atoms with E-state index in [0.717, 1.165) is 32.0 Å². The van der Waals surface area contributed by atoms with E-state index in [1.807, 2.05) is 18.2 Å². The van der Waals surface area contributed by atoms with Crippen molar-refractivity contribution >= 4 is 5.96 Å². The molecule has 2 rings (SSSR count). The molecule has 0 saturated carbocycles. The van der Waals surface area contributed by atoms with Crippen LogP contribution in [0.1, 0.15) is 18.4 Å². The minimum absolute atomic E-state index is 0.282. The normalized spacial score (nSPS) is 17.9. The Balaban J connectivity index is 1.45. The van der Waals surface area contributed by atoms with Gasteiger partial charge in [-0.05, 0) is 18.4 Å². The fourth-order valence-electron chi connectivity index (χ4n) is 2.46. The molecular formula is C18H29N3O3. The molecule has 0 spiro atoms. The molecule has 1 heterocycles. The zero-order chi connectivity index (χ0) is 16.9. The highest BCUT2D eigenvalue weighted by molar-refractivity contribution is 5.79. The Labute approximate surface area is 144 Å². The highest BCUT2D eigenvalue weighted by atomic mass is 16.5. The van der Waals surface area contributed by atoms with Crippen molar-refractivity contribution < 1.29 is 14.2 Å².